The first-order valence-electron chi connectivity index (χ1n) is 8.09. The van der Waals surface area contributed by atoms with Gasteiger partial charge in [-0.2, -0.15) is 0 Å². The topological polar surface area (TPSA) is 66.5 Å². The fourth-order valence-electron chi connectivity index (χ4n) is 3.03. The van der Waals surface area contributed by atoms with Crippen molar-refractivity contribution in [1.29, 1.82) is 0 Å². The van der Waals surface area contributed by atoms with Crippen LogP contribution < -0.4 is 15.5 Å². The van der Waals surface area contributed by atoms with Gasteiger partial charge in [-0.05, 0) is 25.5 Å². The molecule has 8 heteroatoms. The molecular formula is C16H26Cl2N4O2. The van der Waals surface area contributed by atoms with E-state index in [1.807, 2.05) is 12.1 Å². The lowest BCUT2D eigenvalue weighted by molar-refractivity contribution is -0.125. The van der Waals surface area contributed by atoms with Gasteiger partial charge in [0.05, 0.1) is 19.1 Å². The molecule has 0 saturated carbocycles. The van der Waals surface area contributed by atoms with Gasteiger partial charge in [0.1, 0.15) is 5.82 Å². The molecule has 0 radical (unpaired) electrons. The predicted octanol–water partition coefficient (Wildman–Crippen LogP) is 1.38. The molecule has 1 amide bonds. The summed E-state index contributed by atoms with van der Waals surface area (Å²) in [6, 6.07) is 3.96. The summed E-state index contributed by atoms with van der Waals surface area (Å²) in [5.74, 6) is 1.20. The number of rotatable bonds is 4. The van der Waals surface area contributed by atoms with E-state index >= 15 is 0 Å². The highest BCUT2D eigenvalue weighted by molar-refractivity contribution is 5.85. The molecule has 2 aliphatic rings. The van der Waals surface area contributed by atoms with Gasteiger partial charge in [0.2, 0.25) is 5.91 Å². The predicted molar refractivity (Wildman–Crippen MR) is 99.2 cm³/mol. The van der Waals surface area contributed by atoms with Gasteiger partial charge in [-0.25, -0.2) is 4.98 Å². The van der Waals surface area contributed by atoms with E-state index in [-0.39, 0.29) is 36.6 Å². The largest absolute Gasteiger partial charge is 0.378 e. The molecule has 0 spiro atoms. The Kier molecular flexibility index (Phi) is 9.36. The van der Waals surface area contributed by atoms with Crippen LogP contribution >= 0.6 is 24.8 Å². The van der Waals surface area contributed by atoms with Crippen LogP contribution in [-0.4, -0.2) is 50.3 Å². The van der Waals surface area contributed by atoms with E-state index < -0.39 is 0 Å². The standard InChI is InChI=1S/C16H24N4O2.2ClH/c21-16(14-4-1-5-17-11-14)19-12-13-3-2-6-18-15(13)20-7-9-22-10-8-20;;/h2-3,6,14,17H,1,4-5,7-12H2,(H,19,21);2*1H. The first-order valence-corrected chi connectivity index (χ1v) is 8.09. The fourth-order valence-corrected chi connectivity index (χ4v) is 3.03. The molecule has 1 unspecified atom stereocenters. The first-order chi connectivity index (χ1) is 10.8. The summed E-state index contributed by atoms with van der Waals surface area (Å²) < 4.78 is 5.39. The van der Waals surface area contributed by atoms with Gasteiger partial charge in [0.15, 0.2) is 0 Å². The monoisotopic (exact) mass is 376 g/mol. The zero-order valence-corrected chi connectivity index (χ0v) is 15.3. The van der Waals surface area contributed by atoms with E-state index in [0.29, 0.717) is 6.54 Å². The quantitative estimate of drug-likeness (QED) is 0.830. The third-order valence-electron chi connectivity index (χ3n) is 4.30. The molecule has 1 aromatic heterocycles. The number of anilines is 1. The number of piperidine rings is 1. The molecule has 1 atom stereocenters. The molecule has 0 bridgehead atoms. The van der Waals surface area contributed by atoms with Crippen molar-refractivity contribution in [1.82, 2.24) is 15.6 Å². The Morgan fingerprint density at radius 2 is 2.17 bits per heavy atom. The molecule has 0 aromatic carbocycles. The van der Waals surface area contributed by atoms with Gasteiger partial charge in [0, 0.05) is 37.9 Å². The number of hydrogen-bond donors (Lipinski definition) is 2. The van der Waals surface area contributed by atoms with E-state index in [0.717, 1.165) is 63.6 Å². The number of amides is 1. The molecule has 24 heavy (non-hydrogen) atoms. The van der Waals surface area contributed by atoms with Crippen molar-refractivity contribution in [3.63, 3.8) is 0 Å². The Balaban J connectivity index is 0.00000144. The molecule has 1 aromatic rings. The van der Waals surface area contributed by atoms with Gasteiger partial charge in [-0.1, -0.05) is 6.07 Å². The zero-order valence-electron chi connectivity index (χ0n) is 13.7. The number of hydrogen-bond acceptors (Lipinski definition) is 5. The second kappa shape index (κ2) is 10.7. The van der Waals surface area contributed by atoms with Crippen molar-refractivity contribution in [2.45, 2.75) is 19.4 Å². The van der Waals surface area contributed by atoms with Gasteiger partial charge >= 0.3 is 0 Å². The number of carbonyl (C=O) groups is 1. The summed E-state index contributed by atoms with van der Waals surface area (Å²) in [7, 11) is 0. The highest BCUT2D eigenvalue weighted by atomic mass is 35.5. The summed E-state index contributed by atoms with van der Waals surface area (Å²) in [6.45, 7) is 5.51. The van der Waals surface area contributed by atoms with Gasteiger partial charge in [-0.3, -0.25) is 4.79 Å². The number of carbonyl (C=O) groups excluding carboxylic acids is 1. The number of halogens is 2. The van der Waals surface area contributed by atoms with Gasteiger partial charge in [0.25, 0.3) is 0 Å². The number of nitrogens with zero attached hydrogens (tertiary/aromatic N) is 2. The summed E-state index contributed by atoms with van der Waals surface area (Å²) in [5, 5.41) is 6.35. The molecule has 136 valence electrons. The number of nitrogens with one attached hydrogen (secondary N) is 2. The molecule has 0 aliphatic carbocycles. The SMILES string of the molecule is Cl.Cl.O=C(NCc1cccnc1N1CCOCC1)C1CCCNC1. The van der Waals surface area contributed by atoms with Crippen LogP contribution in [0.4, 0.5) is 5.82 Å². The lowest BCUT2D eigenvalue weighted by Gasteiger charge is -2.29. The van der Waals surface area contributed by atoms with Crippen LogP contribution in [0.3, 0.4) is 0 Å². The molecule has 2 saturated heterocycles. The molecule has 3 heterocycles. The van der Waals surface area contributed by atoms with Crippen LogP contribution in [0.1, 0.15) is 18.4 Å². The van der Waals surface area contributed by atoms with Crippen LogP contribution in [0.2, 0.25) is 0 Å². The minimum Gasteiger partial charge on any atom is -0.378 e. The Bertz CT molecular complexity index is 507. The Labute approximate surface area is 155 Å². The normalized spacial score (nSPS) is 20.5. The van der Waals surface area contributed by atoms with Crippen LogP contribution in [-0.2, 0) is 16.1 Å². The summed E-state index contributed by atoms with van der Waals surface area (Å²) >= 11 is 0. The van der Waals surface area contributed by atoms with Crippen molar-refractivity contribution >= 4 is 36.5 Å². The van der Waals surface area contributed by atoms with Crippen molar-refractivity contribution in [2.24, 2.45) is 5.92 Å². The smallest absolute Gasteiger partial charge is 0.224 e. The van der Waals surface area contributed by atoms with Gasteiger partial charge in [-0.15, -0.1) is 24.8 Å². The third kappa shape index (κ3) is 5.48. The van der Waals surface area contributed by atoms with Crippen LogP contribution in [0.15, 0.2) is 18.3 Å². The second-order valence-corrected chi connectivity index (χ2v) is 5.85. The Morgan fingerprint density at radius 3 is 2.88 bits per heavy atom. The van der Waals surface area contributed by atoms with E-state index in [1.54, 1.807) is 6.20 Å². The molecular weight excluding hydrogens is 351 g/mol. The fraction of sp³-hybridized carbons (Fsp3) is 0.625. The van der Waals surface area contributed by atoms with E-state index in [4.69, 9.17) is 4.74 Å². The zero-order chi connectivity index (χ0) is 15.2. The van der Waals surface area contributed by atoms with Crippen LogP contribution in [0.25, 0.3) is 0 Å². The third-order valence-corrected chi connectivity index (χ3v) is 4.30. The maximum atomic E-state index is 12.3. The summed E-state index contributed by atoms with van der Waals surface area (Å²) in [4.78, 5) is 19.0. The minimum absolute atomic E-state index is 0. The van der Waals surface area contributed by atoms with E-state index in [1.165, 1.54) is 0 Å². The number of morpholine rings is 1. The van der Waals surface area contributed by atoms with Crippen LogP contribution in [0, 0.1) is 5.92 Å². The molecule has 2 N–H and O–H groups in total. The average molecular weight is 377 g/mol. The lowest BCUT2D eigenvalue weighted by atomic mass is 9.99. The number of ether oxygens (including phenoxy) is 1. The summed E-state index contributed by atoms with van der Waals surface area (Å²) in [6.07, 6.45) is 3.85. The maximum absolute atomic E-state index is 12.3. The molecule has 2 fully saturated rings. The van der Waals surface area contributed by atoms with Crippen molar-refractivity contribution < 1.29 is 9.53 Å². The van der Waals surface area contributed by atoms with E-state index in [2.05, 4.69) is 20.5 Å². The van der Waals surface area contributed by atoms with Crippen molar-refractivity contribution in [2.75, 3.05) is 44.3 Å². The second-order valence-electron chi connectivity index (χ2n) is 5.85. The Hall–Kier alpha value is -1.08. The average Bonchev–Trinajstić information content (AvgIpc) is 2.61. The lowest BCUT2D eigenvalue weighted by Crippen LogP contribution is -2.41. The maximum Gasteiger partial charge on any atom is 0.224 e. The minimum atomic E-state index is 0. The molecule has 3 rings (SSSR count). The number of aromatic nitrogens is 1. The first kappa shape index (κ1) is 21.0. The highest BCUT2D eigenvalue weighted by Gasteiger charge is 2.21. The number of pyridine rings is 1. The van der Waals surface area contributed by atoms with E-state index in [9.17, 15) is 4.79 Å². The van der Waals surface area contributed by atoms with Gasteiger partial charge < -0.3 is 20.3 Å². The van der Waals surface area contributed by atoms with Crippen molar-refractivity contribution in [3.05, 3.63) is 23.9 Å². The highest BCUT2D eigenvalue weighted by Crippen LogP contribution is 2.18. The summed E-state index contributed by atoms with van der Waals surface area (Å²) in [5.41, 5.74) is 1.07. The Morgan fingerprint density at radius 1 is 1.38 bits per heavy atom. The van der Waals surface area contributed by atoms with Crippen molar-refractivity contribution in [3.8, 4) is 0 Å². The molecule has 6 nitrogen and oxygen atoms in total. The molecule has 2 aliphatic heterocycles. The van der Waals surface area contributed by atoms with Crippen LogP contribution in [0.5, 0.6) is 0 Å².